The predicted octanol–water partition coefficient (Wildman–Crippen LogP) is 0.455. The van der Waals surface area contributed by atoms with Crippen LogP contribution in [-0.4, -0.2) is 69.3 Å². The van der Waals surface area contributed by atoms with E-state index < -0.39 is 0 Å². The number of tetrazole rings is 1. The highest BCUT2D eigenvalue weighted by molar-refractivity contribution is 5.75. The van der Waals surface area contributed by atoms with Crippen molar-refractivity contribution < 1.29 is 13.9 Å². The number of carbonyl (C=O) groups is 1. The Hall–Kier alpha value is -2.26. The maximum atomic E-state index is 12.3. The lowest BCUT2D eigenvalue weighted by molar-refractivity contribution is -0.130. The molecule has 0 saturated carbocycles. The predicted molar refractivity (Wildman–Crippen MR) is 88.4 cm³/mol. The van der Waals surface area contributed by atoms with Crippen molar-refractivity contribution in [2.24, 2.45) is 0 Å². The number of aromatic nitrogens is 4. The van der Waals surface area contributed by atoms with Crippen molar-refractivity contribution in [1.29, 1.82) is 0 Å². The SMILES string of the molecule is Cc1ccc(CN(C)C(=O)CCn2nnnc2CN2CCOCC2)o1. The Bertz CT molecular complexity index is 692. The van der Waals surface area contributed by atoms with Crippen molar-refractivity contribution in [3.8, 4) is 0 Å². The van der Waals surface area contributed by atoms with Crippen LogP contribution in [0.3, 0.4) is 0 Å². The van der Waals surface area contributed by atoms with Gasteiger partial charge < -0.3 is 14.1 Å². The van der Waals surface area contributed by atoms with E-state index in [4.69, 9.17) is 9.15 Å². The van der Waals surface area contributed by atoms with Crippen LogP contribution in [-0.2, 0) is 29.2 Å². The molecule has 2 aromatic heterocycles. The molecule has 0 atom stereocenters. The van der Waals surface area contributed by atoms with Gasteiger partial charge in [0.15, 0.2) is 5.82 Å². The van der Waals surface area contributed by atoms with Crippen LogP contribution in [0.5, 0.6) is 0 Å². The number of carbonyl (C=O) groups excluding carboxylic acids is 1. The van der Waals surface area contributed by atoms with Crippen molar-refractivity contribution in [1.82, 2.24) is 30.0 Å². The lowest BCUT2D eigenvalue weighted by Gasteiger charge is -2.25. The molecular formula is C16H24N6O3. The monoisotopic (exact) mass is 348 g/mol. The van der Waals surface area contributed by atoms with Crippen LogP contribution in [0, 0.1) is 6.92 Å². The molecule has 0 bridgehead atoms. The average Bonchev–Trinajstić information content (AvgIpc) is 3.22. The van der Waals surface area contributed by atoms with E-state index in [0.29, 0.717) is 26.1 Å². The molecule has 0 spiro atoms. The van der Waals surface area contributed by atoms with Crippen LogP contribution in [0.1, 0.15) is 23.8 Å². The second-order valence-corrected chi connectivity index (χ2v) is 6.22. The van der Waals surface area contributed by atoms with Crippen molar-refractivity contribution in [3.05, 3.63) is 29.5 Å². The molecule has 0 N–H and O–H groups in total. The smallest absolute Gasteiger partial charge is 0.224 e. The Labute approximate surface area is 146 Å². The van der Waals surface area contributed by atoms with Gasteiger partial charge in [0.1, 0.15) is 11.5 Å². The fourth-order valence-corrected chi connectivity index (χ4v) is 2.75. The second-order valence-electron chi connectivity index (χ2n) is 6.22. The van der Waals surface area contributed by atoms with Gasteiger partial charge in [0.05, 0.1) is 32.8 Å². The second kappa shape index (κ2) is 8.21. The summed E-state index contributed by atoms with van der Waals surface area (Å²) in [6.07, 6.45) is 0.345. The van der Waals surface area contributed by atoms with E-state index in [0.717, 1.165) is 43.6 Å². The number of ether oxygens (including phenoxy) is 1. The Balaban J connectivity index is 1.49. The van der Waals surface area contributed by atoms with Crippen molar-refractivity contribution in [2.45, 2.75) is 33.0 Å². The third-order valence-electron chi connectivity index (χ3n) is 4.23. The van der Waals surface area contributed by atoms with E-state index in [1.54, 1.807) is 16.6 Å². The van der Waals surface area contributed by atoms with Crippen molar-refractivity contribution in [2.75, 3.05) is 33.4 Å². The van der Waals surface area contributed by atoms with Gasteiger partial charge in [-0.1, -0.05) is 0 Å². The molecule has 9 heteroatoms. The molecule has 136 valence electrons. The number of amides is 1. The fraction of sp³-hybridized carbons (Fsp3) is 0.625. The van der Waals surface area contributed by atoms with Crippen molar-refractivity contribution >= 4 is 5.91 Å². The summed E-state index contributed by atoms with van der Waals surface area (Å²) in [7, 11) is 1.77. The summed E-state index contributed by atoms with van der Waals surface area (Å²) >= 11 is 0. The first-order valence-corrected chi connectivity index (χ1v) is 8.46. The van der Waals surface area contributed by atoms with Gasteiger partial charge in [-0.25, -0.2) is 4.68 Å². The van der Waals surface area contributed by atoms with E-state index in [1.165, 1.54) is 0 Å². The quantitative estimate of drug-likeness (QED) is 0.718. The van der Waals surface area contributed by atoms with Crippen LogP contribution < -0.4 is 0 Å². The first-order valence-electron chi connectivity index (χ1n) is 8.46. The van der Waals surface area contributed by atoms with Crippen LogP contribution >= 0.6 is 0 Å². The molecular weight excluding hydrogens is 324 g/mol. The summed E-state index contributed by atoms with van der Waals surface area (Å²) in [6, 6.07) is 3.79. The number of nitrogens with zero attached hydrogens (tertiary/aromatic N) is 6. The highest BCUT2D eigenvalue weighted by Gasteiger charge is 2.17. The molecule has 9 nitrogen and oxygen atoms in total. The minimum absolute atomic E-state index is 0.0295. The largest absolute Gasteiger partial charge is 0.464 e. The van der Waals surface area contributed by atoms with Gasteiger partial charge in [-0.05, 0) is 29.5 Å². The Kier molecular flexibility index (Phi) is 5.77. The summed E-state index contributed by atoms with van der Waals surface area (Å²) < 4.78 is 12.6. The third kappa shape index (κ3) is 4.86. The number of hydrogen-bond donors (Lipinski definition) is 0. The number of aryl methyl sites for hydroxylation is 2. The maximum absolute atomic E-state index is 12.3. The van der Waals surface area contributed by atoms with Crippen LogP contribution in [0.25, 0.3) is 0 Å². The molecule has 0 unspecified atom stereocenters. The first kappa shape index (κ1) is 17.6. The average molecular weight is 348 g/mol. The Morgan fingerprint density at radius 3 is 2.84 bits per heavy atom. The number of hydrogen-bond acceptors (Lipinski definition) is 7. The lowest BCUT2D eigenvalue weighted by Crippen LogP contribution is -2.36. The molecule has 25 heavy (non-hydrogen) atoms. The minimum atomic E-state index is 0.0295. The molecule has 1 fully saturated rings. The third-order valence-corrected chi connectivity index (χ3v) is 4.23. The van der Waals surface area contributed by atoms with Gasteiger partial charge in [-0.2, -0.15) is 0 Å². The molecule has 2 aromatic rings. The highest BCUT2D eigenvalue weighted by Crippen LogP contribution is 2.10. The molecule has 0 aromatic carbocycles. The molecule has 1 amide bonds. The fourth-order valence-electron chi connectivity index (χ4n) is 2.75. The molecule has 3 rings (SSSR count). The van der Waals surface area contributed by atoms with E-state index >= 15 is 0 Å². The van der Waals surface area contributed by atoms with E-state index in [2.05, 4.69) is 20.4 Å². The summed E-state index contributed by atoms with van der Waals surface area (Å²) in [5, 5.41) is 11.8. The van der Waals surface area contributed by atoms with E-state index in [9.17, 15) is 4.79 Å². The number of morpholine rings is 1. The maximum Gasteiger partial charge on any atom is 0.224 e. The zero-order valence-corrected chi connectivity index (χ0v) is 14.7. The Morgan fingerprint density at radius 1 is 1.32 bits per heavy atom. The topological polar surface area (TPSA) is 89.5 Å². The van der Waals surface area contributed by atoms with Gasteiger partial charge in [0.2, 0.25) is 5.91 Å². The van der Waals surface area contributed by atoms with E-state index in [-0.39, 0.29) is 5.91 Å². The van der Waals surface area contributed by atoms with Gasteiger partial charge in [0.25, 0.3) is 0 Å². The normalized spacial score (nSPS) is 15.4. The van der Waals surface area contributed by atoms with Crippen LogP contribution in [0.4, 0.5) is 0 Å². The number of rotatable bonds is 7. The zero-order chi connectivity index (χ0) is 17.6. The van der Waals surface area contributed by atoms with Gasteiger partial charge in [-0.3, -0.25) is 9.69 Å². The van der Waals surface area contributed by atoms with Crippen LogP contribution in [0.15, 0.2) is 16.5 Å². The van der Waals surface area contributed by atoms with E-state index in [1.807, 2.05) is 19.1 Å². The zero-order valence-electron chi connectivity index (χ0n) is 14.7. The highest BCUT2D eigenvalue weighted by atomic mass is 16.5. The summed E-state index contributed by atoms with van der Waals surface area (Å²) in [5.41, 5.74) is 0. The first-order chi connectivity index (χ1) is 12.1. The summed E-state index contributed by atoms with van der Waals surface area (Å²) in [6.45, 7) is 6.70. The van der Waals surface area contributed by atoms with Crippen molar-refractivity contribution in [3.63, 3.8) is 0 Å². The number of furan rings is 1. The van der Waals surface area contributed by atoms with Gasteiger partial charge in [-0.15, -0.1) is 5.10 Å². The Morgan fingerprint density at radius 2 is 2.12 bits per heavy atom. The molecule has 0 aliphatic carbocycles. The molecule has 0 radical (unpaired) electrons. The van der Waals surface area contributed by atoms with Crippen LogP contribution in [0.2, 0.25) is 0 Å². The molecule has 1 aliphatic heterocycles. The molecule has 1 aliphatic rings. The molecule has 3 heterocycles. The van der Waals surface area contributed by atoms with Gasteiger partial charge >= 0.3 is 0 Å². The van der Waals surface area contributed by atoms with Gasteiger partial charge in [0, 0.05) is 26.6 Å². The summed E-state index contributed by atoms with van der Waals surface area (Å²) in [5.74, 6) is 2.43. The minimum Gasteiger partial charge on any atom is -0.464 e. The standard InChI is InChI=1S/C16H24N6O3/c1-13-3-4-14(25-13)11-20(2)16(23)5-6-22-15(17-18-19-22)12-21-7-9-24-10-8-21/h3-4H,5-12H2,1-2H3. The lowest BCUT2D eigenvalue weighted by atomic mass is 10.3. The summed E-state index contributed by atoms with van der Waals surface area (Å²) in [4.78, 5) is 16.2. The molecule has 1 saturated heterocycles.